The Kier molecular flexibility index (Phi) is 4.88. The number of fused-ring (bicyclic) bond motifs is 2. The van der Waals surface area contributed by atoms with Gasteiger partial charge in [0.2, 0.25) is 17.7 Å². The van der Waals surface area contributed by atoms with Crippen LogP contribution in [-0.2, 0) is 19.8 Å². The van der Waals surface area contributed by atoms with Crippen molar-refractivity contribution >= 4 is 29.1 Å². The zero-order chi connectivity index (χ0) is 17.9. The number of carbonyl (C=O) groups excluding carboxylic acids is 3. The van der Waals surface area contributed by atoms with Crippen LogP contribution < -0.4 is 16.0 Å². The number of amides is 3. The lowest BCUT2D eigenvalue weighted by Gasteiger charge is -2.31. The Morgan fingerprint density at radius 3 is 2.72 bits per heavy atom. The lowest BCUT2D eigenvalue weighted by molar-refractivity contribution is -0.122. The Hall–Kier alpha value is -2.63. The van der Waals surface area contributed by atoms with Crippen molar-refractivity contribution in [1.82, 2.24) is 5.32 Å². The van der Waals surface area contributed by atoms with E-state index in [4.69, 9.17) is 0 Å². The van der Waals surface area contributed by atoms with Gasteiger partial charge in [-0.15, -0.1) is 0 Å². The highest BCUT2D eigenvalue weighted by atomic mass is 16.2. The van der Waals surface area contributed by atoms with Gasteiger partial charge in [-0.1, -0.05) is 25.8 Å². The molecule has 2 aliphatic rings. The lowest BCUT2D eigenvalue weighted by Crippen LogP contribution is -2.36. The molecular formula is C19H23N3O3. The molecule has 0 atom stereocenters. The molecule has 0 saturated heterocycles. The number of anilines is 2. The minimum atomic E-state index is -0.438. The molecule has 25 heavy (non-hydrogen) atoms. The van der Waals surface area contributed by atoms with Gasteiger partial charge < -0.3 is 16.0 Å². The predicted octanol–water partition coefficient (Wildman–Crippen LogP) is 2.47. The summed E-state index contributed by atoms with van der Waals surface area (Å²) in [5.74, 6) is -0.397. The molecule has 0 radical (unpaired) electrons. The van der Waals surface area contributed by atoms with Gasteiger partial charge in [-0.3, -0.25) is 14.4 Å². The van der Waals surface area contributed by atoms with Crippen LogP contribution in [0.25, 0.3) is 0 Å². The first-order valence-electron chi connectivity index (χ1n) is 8.71. The first-order chi connectivity index (χ1) is 12.0. The number of hydrogen-bond acceptors (Lipinski definition) is 3. The maximum Gasteiger partial charge on any atom is 0.243 e. The summed E-state index contributed by atoms with van der Waals surface area (Å²) >= 11 is 0. The van der Waals surface area contributed by atoms with Gasteiger partial charge in [-0.2, -0.15) is 0 Å². The summed E-state index contributed by atoms with van der Waals surface area (Å²) in [7, 11) is 0. The van der Waals surface area contributed by atoms with E-state index < -0.39 is 5.41 Å². The summed E-state index contributed by atoms with van der Waals surface area (Å²) < 4.78 is 0. The number of benzene rings is 1. The van der Waals surface area contributed by atoms with Crippen LogP contribution in [-0.4, -0.2) is 24.3 Å². The third-order valence-electron chi connectivity index (χ3n) is 5.05. The molecule has 132 valence electrons. The van der Waals surface area contributed by atoms with Gasteiger partial charge in [0.05, 0.1) is 5.41 Å². The highest BCUT2D eigenvalue weighted by Gasteiger charge is 2.47. The SMILES string of the molecule is C=CC(=O)NCCC(=O)Nc1ccc2c(c1)C1(CCCCC1)C(=O)N2. The topological polar surface area (TPSA) is 87.3 Å². The van der Waals surface area contributed by atoms with Gasteiger partial charge >= 0.3 is 0 Å². The fourth-order valence-corrected chi connectivity index (χ4v) is 3.74. The molecule has 3 rings (SSSR count). The Morgan fingerprint density at radius 1 is 1.24 bits per heavy atom. The number of carbonyl (C=O) groups is 3. The quantitative estimate of drug-likeness (QED) is 0.719. The number of rotatable bonds is 5. The highest BCUT2D eigenvalue weighted by molar-refractivity contribution is 6.07. The summed E-state index contributed by atoms with van der Waals surface area (Å²) in [6, 6.07) is 5.56. The Bertz CT molecular complexity index is 721. The molecule has 0 unspecified atom stereocenters. The minimum Gasteiger partial charge on any atom is -0.352 e. The van der Waals surface area contributed by atoms with Crippen LogP contribution in [0.3, 0.4) is 0 Å². The van der Waals surface area contributed by atoms with E-state index in [9.17, 15) is 14.4 Å². The molecule has 0 bridgehead atoms. The molecule has 1 aromatic carbocycles. The second-order valence-electron chi connectivity index (χ2n) is 6.65. The molecule has 1 aliphatic heterocycles. The maximum atomic E-state index is 12.5. The van der Waals surface area contributed by atoms with E-state index in [1.807, 2.05) is 12.1 Å². The van der Waals surface area contributed by atoms with Crippen molar-refractivity contribution in [2.24, 2.45) is 0 Å². The third-order valence-corrected chi connectivity index (χ3v) is 5.05. The highest BCUT2D eigenvalue weighted by Crippen LogP contribution is 2.48. The molecule has 6 heteroatoms. The monoisotopic (exact) mass is 341 g/mol. The third kappa shape index (κ3) is 3.43. The molecule has 6 nitrogen and oxygen atoms in total. The average molecular weight is 341 g/mol. The minimum absolute atomic E-state index is 0.0813. The van der Waals surface area contributed by atoms with Crippen LogP contribution in [0.5, 0.6) is 0 Å². The molecule has 3 amide bonds. The van der Waals surface area contributed by atoms with Gasteiger partial charge in [0.1, 0.15) is 0 Å². The summed E-state index contributed by atoms with van der Waals surface area (Å²) in [5, 5.41) is 8.40. The Labute approximate surface area is 147 Å². The van der Waals surface area contributed by atoms with E-state index in [2.05, 4.69) is 22.5 Å². The Morgan fingerprint density at radius 2 is 2.00 bits per heavy atom. The standard InChI is InChI=1S/C19H23N3O3/c1-2-16(23)20-11-8-17(24)21-13-6-7-15-14(12-13)19(18(25)22-15)9-4-3-5-10-19/h2,6-7,12H,1,3-5,8-11H2,(H,20,23)(H,21,24)(H,22,25). The first kappa shape index (κ1) is 17.2. The van der Waals surface area contributed by atoms with Gasteiger partial charge in [-0.05, 0) is 42.7 Å². The summed E-state index contributed by atoms with van der Waals surface area (Å²) in [5.41, 5.74) is 2.09. The molecule has 1 aromatic rings. The zero-order valence-corrected chi connectivity index (χ0v) is 14.2. The van der Waals surface area contributed by atoms with Crippen LogP contribution in [0, 0.1) is 0 Å². The van der Waals surface area contributed by atoms with Crippen molar-refractivity contribution in [2.75, 3.05) is 17.2 Å². The normalized spacial score (nSPS) is 17.5. The molecule has 1 heterocycles. The van der Waals surface area contributed by atoms with Crippen LogP contribution in [0.4, 0.5) is 11.4 Å². The second-order valence-corrected chi connectivity index (χ2v) is 6.65. The smallest absolute Gasteiger partial charge is 0.243 e. The predicted molar refractivity (Wildman–Crippen MR) is 96.3 cm³/mol. The fraction of sp³-hybridized carbons (Fsp3) is 0.421. The van der Waals surface area contributed by atoms with Crippen molar-refractivity contribution in [2.45, 2.75) is 43.9 Å². The molecule has 1 saturated carbocycles. The fourth-order valence-electron chi connectivity index (χ4n) is 3.74. The van der Waals surface area contributed by atoms with E-state index in [1.165, 1.54) is 6.08 Å². The summed E-state index contributed by atoms with van der Waals surface area (Å²) in [4.78, 5) is 35.7. The van der Waals surface area contributed by atoms with Crippen molar-refractivity contribution in [1.29, 1.82) is 0 Å². The van der Waals surface area contributed by atoms with Gasteiger partial charge in [0.25, 0.3) is 0 Å². The van der Waals surface area contributed by atoms with Crippen molar-refractivity contribution in [3.8, 4) is 0 Å². The summed E-state index contributed by atoms with van der Waals surface area (Å²) in [6.45, 7) is 3.62. The lowest BCUT2D eigenvalue weighted by atomic mass is 9.70. The van der Waals surface area contributed by atoms with Gasteiger partial charge in [-0.25, -0.2) is 0 Å². The van der Waals surface area contributed by atoms with Crippen LogP contribution in [0.1, 0.15) is 44.1 Å². The van der Waals surface area contributed by atoms with Crippen molar-refractivity contribution in [3.63, 3.8) is 0 Å². The first-order valence-corrected chi connectivity index (χ1v) is 8.71. The number of hydrogen-bond donors (Lipinski definition) is 3. The van der Waals surface area contributed by atoms with Crippen molar-refractivity contribution < 1.29 is 14.4 Å². The zero-order valence-electron chi connectivity index (χ0n) is 14.2. The van der Waals surface area contributed by atoms with E-state index in [0.29, 0.717) is 5.69 Å². The van der Waals surface area contributed by atoms with Crippen molar-refractivity contribution in [3.05, 3.63) is 36.4 Å². The van der Waals surface area contributed by atoms with E-state index in [0.717, 1.165) is 43.4 Å². The molecule has 3 N–H and O–H groups in total. The molecule has 1 aliphatic carbocycles. The number of nitrogens with one attached hydrogen (secondary N) is 3. The molecule has 1 spiro atoms. The largest absolute Gasteiger partial charge is 0.352 e. The average Bonchev–Trinajstić information content (AvgIpc) is 2.87. The Balaban J connectivity index is 1.69. The maximum absolute atomic E-state index is 12.5. The van der Waals surface area contributed by atoms with E-state index >= 15 is 0 Å². The van der Waals surface area contributed by atoms with Crippen LogP contribution >= 0.6 is 0 Å². The summed E-state index contributed by atoms with van der Waals surface area (Å²) in [6.07, 6.45) is 6.33. The molecule has 0 aromatic heterocycles. The van der Waals surface area contributed by atoms with Gasteiger partial charge in [0.15, 0.2) is 0 Å². The van der Waals surface area contributed by atoms with Gasteiger partial charge in [0, 0.05) is 24.3 Å². The molecular weight excluding hydrogens is 318 g/mol. The second kappa shape index (κ2) is 7.09. The van der Waals surface area contributed by atoms with Crippen LogP contribution in [0.2, 0.25) is 0 Å². The molecule has 1 fully saturated rings. The van der Waals surface area contributed by atoms with E-state index in [-0.39, 0.29) is 30.7 Å². The van der Waals surface area contributed by atoms with Crippen LogP contribution in [0.15, 0.2) is 30.9 Å². The van der Waals surface area contributed by atoms with E-state index in [1.54, 1.807) is 6.07 Å².